The Labute approximate surface area is 165 Å². The number of carbonyl (C=O) groups excluding carboxylic acids is 1. The van der Waals surface area contributed by atoms with E-state index in [0.717, 1.165) is 37.0 Å². The molecule has 1 aromatic rings. The highest BCUT2D eigenvalue weighted by Gasteiger charge is 2.52. The second-order valence-corrected chi connectivity index (χ2v) is 12.4. The standard InChI is InChI=1S/C20H28N2O3S2/c23-19(21-20-11-14-8-15(12-20)10-16(9-14)13-20)17-3-5-22(6-4-17)27(24,25)18-2-1-7-26-18/h1-2,7,14-17H,3-6,8-13H2,(H,21,23). The van der Waals surface area contributed by atoms with Gasteiger partial charge in [0.15, 0.2) is 0 Å². The van der Waals surface area contributed by atoms with Crippen molar-refractivity contribution in [2.45, 2.75) is 61.1 Å². The highest BCUT2D eigenvalue weighted by atomic mass is 32.2. The van der Waals surface area contributed by atoms with Crippen molar-refractivity contribution in [1.82, 2.24) is 9.62 Å². The van der Waals surface area contributed by atoms with Gasteiger partial charge in [-0.3, -0.25) is 4.79 Å². The Kier molecular flexibility index (Phi) is 4.41. The van der Waals surface area contributed by atoms with Gasteiger partial charge < -0.3 is 5.32 Å². The van der Waals surface area contributed by atoms with Crippen molar-refractivity contribution >= 4 is 27.3 Å². The molecule has 1 aliphatic heterocycles. The average molecular weight is 409 g/mol. The lowest BCUT2D eigenvalue weighted by atomic mass is 9.53. The molecule has 1 N–H and O–H groups in total. The third-order valence-corrected chi connectivity index (χ3v) is 10.6. The minimum absolute atomic E-state index is 0.0476. The molecule has 2 heterocycles. The fourth-order valence-corrected chi connectivity index (χ4v) is 9.14. The molecule has 5 aliphatic rings. The smallest absolute Gasteiger partial charge is 0.252 e. The molecule has 0 radical (unpaired) electrons. The Bertz CT molecular complexity index is 775. The average Bonchev–Trinajstić information content (AvgIpc) is 3.16. The number of thiophene rings is 1. The molecule has 6 rings (SSSR count). The molecule has 0 atom stereocenters. The van der Waals surface area contributed by atoms with E-state index >= 15 is 0 Å². The quantitative estimate of drug-likeness (QED) is 0.832. The van der Waals surface area contributed by atoms with Gasteiger partial charge in [-0.25, -0.2) is 8.42 Å². The molecule has 27 heavy (non-hydrogen) atoms. The number of rotatable bonds is 4. The number of nitrogens with one attached hydrogen (secondary N) is 1. The summed E-state index contributed by atoms with van der Waals surface area (Å²) in [4.78, 5) is 13.0. The van der Waals surface area contributed by atoms with E-state index in [4.69, 9.17) is 0 Å². The summed E-state index contributed by atoms with van der Waals surface area (Å²) >= 11 is 1.26. The van der Waals surface area contributed by atoms with Crippen LogP contribution in [0.15, 0.2) is 21.7 Å². The molecule has 0 unspecified atom stereocenters. The lowest BCUT2D eigenvalue weighted by molar-refractivity contribution is -0.132. The lowest BCUT2D eigenvalue weighted by Crippen LogP contribution is -2.61. The largest absolute Gasteiger partial charge is 0.350 e. The molecule has 1 saturated heterocycles. The van der Waals surface area contributed by atoms with Crippen LogP contribution in [0.25, 0.3) is 0 Å². The van der Waals surface area contributed by atoms with Gasteiger partial charge in [0.1, 0.15) is 4.21 Å². The maximum atomic E-state index is 13.0. The van der Waals surface area contributed by atoms with Crippen LogP contribution in [-0.2, 0) is 14.8 Å². The van der Waals surface area contributed by atoms with Crippen LogP contribution >= 0.6 is 11.3 Å². The topological polar surface area (TPSA) is 66.5 Å². The molecule has 0 spiro atoms. The van der Waals surface area contributed by atoms with Crippen LogP contribution in [0.3, 0.4) is 0 Å². The van der Waals surface area contributed by atoms with Crippen LogP contribution in [0.4, 0.5) is 0 Å². The second kappa shape index (κ2) is 6.56. The molecule has 1 aromatic heterocycles. The summed E-state index contributed by atoms with van der Waals surface area (Å²) in [6.45, 7) is 0.887. The van der Waals surface area contributed by atoms with Gasteiger partial charge in [-0.15, -0.1) is 11.3 Å². The van der Waals surface area contributed by atoms with Gasteiger partial charge in [-0.05, 0) is 80.6 Å². The third-order valence-electron chi connectivity index (χ3n) is 7.34. The van der Waals surface area contributed by atoms with Crippen LogP contribution < -0.4 is 5.32 Å². The Morgan fingerprint density at radius 3 is 2.19 bits per heavy atom. The minimum Gasteiger partial charge on any atom is -0.350 e. The number of amides is 1. The van der Waals surface area contributed by atoms with Crippen molar-refractivity contribution in [1.29, 1.82) is 0 Å². The van der Waals surface area contributed by atoms with Crippen molar-refractivity contribution in [3.63, 3.8) is 0 Å². The Morgan fingerprint density at radius 2 is 1.67 bits per heavy atom. The number of carbonyl (C=O) groups is 1. The highest BCUT2D eigenvalue weighted by molar-refractivity contribution is 7.91. The van der Waals surface area contributed by atoms with Crippen LogP contribution in [-0.4, -0.2) is 37.3 Å². The number of hydrogen-bond acceptors (Lipinski definition) is 4. The highest BCUT2D eigenvalue weighted by Crippen LogP contribution is 2.55. The Balaban J connectivity index is 1.21. The number of sulfonamides is 1. The lowest BCUT2D eigenvalue weighted by Gasteiger charge is -2.57. The van der Waals surface area contributed by atoms with Gasteiger partial charge in [0.2, 0.25) is 5.91 Å². The summed E-state index contributed by atoms with van der Waals surface area (Å²) in [6.07, 6.45) is 8.85. The van der Waals surface area contributed by atoms with Crippen LogP contribution in [0.1, 0.15) is 51.4 Å². The van der Waals surface area contributed by atoms with Crippen molar-refractivity contribution in [3.05, 3.63) is 17.5 Å². The number of piperidine rings is 1. The first-order valence-electron chi connectivity index (χ1n) is 10.3. The van der Waals surface area contributed by atoms with Crippen LogP contribution in [0.5, 0.6) is 0 Å². The summed E-state index contributed by atoms with van der Waals surface area (Å²) in [6, 6.07) is 3.43. The zero-order valence-electron chi connectivity index (χ0n) is 15.6. The molecular formula is C20H28N2O3S2. The van der Waals surface area contributed by atoms with Crippen molar-refractivity contribution in [2.24, 2.45) is 23.7 Å². The van der Waals surface area contributed by atoms with E-state index in [1.165, 1.54) is 30.6 Å². The maximum Gasteiger partial charge on any atom is 0.252 e. The van der Waals surface area contributed by atoms with Crippen molar-refractivity contribution in [3.8, 4) is 0 Å². The van der Waals surface area contributed by atoms with E-state index in [0.29, 0.717) is 30.1 Å². The van der Waals surface area contributed by atoms with E-state index in [2.05, 4.69) is 5.32 Å². The SMILES string of the molecule is O=C(NC12CC3CC(CC(C3)C1)C2)C1CCN(S(=O)(=O)c2cccs2)CC1. The number of hydrogen-bond donors (Lipinski definition) is 1. The molecule has 5 nitrogen and oxygen atoms in total. The fraction of sp³-hybridized carbons (Fsp3) is 0.750. The maximum absolute atomic E-state index is 13.0. The molecule has 0 aromatic carbocycles. The van der Waals surface area contributed by atoms with Crippen molar-refractivity contribution < 1.29 is 13.2 Å². The van der Waals surface area contributed by atoms with E-state index < -0.39 is 10.0 Å². The van der Waals surface area contributed by atoms with Crippen LogP contribution in [0, 0.1) is 23.7 Å². The molecule has 5 fully saturated rings. The summed E-state index contributed by atoms with van der Waals surface area (Å²) in [5.41, 5.74) is 0.0476. The monoisotopic (exact) mass is 408 g/mol. The molecule has 4 aliphatic carbocycles. The van der Waals surface area contributed by atoms with Gasteiger partial charge in [-0.1, -0.05) is 6.07 Å². The number of nitrogens with zero attached hydrogens (tertiary/aromatic N) is 1. The van der Waals surface area contributed by atoms with E-state index in [-0.39, 0.29) is 17.4 Å². The van der Waals surface area contributed by atoms with Crippen LogP contribution in [0.2, 0.25) is 0 Å². The second-order valence-electron chi connectivity index (χ2n) is 9.30. The Hall–Kier alpha value is -0.920. The molecule has 4 saturated carbocycles. The first-order valence-corrected chi connectivity index (χ1v) is 12.6. The Morgan fingerprint density at radius 1 is 1.07 bits per heavy atom. The molecular weight excluding hydrogens is 380 g/mol. The summed E-state index contributed by atoms with van der Waals surface area (Å²) < 4.78 is 27.3. The van der Waals surface area contributed by atoms with Gasteiger partial charge in [-0.2, -0.15) is 4.31 Å². The molecule has 7 heteroatoms. The molecule has 1 amide bonds. The van der Waals surface area contributed by atoms with Gasteiger partial charge in [0.05, 0.1) is 0 Å². The zero-order valence-corrected chi connectivity index (χ0v) is 17.2. The summed E-state index contributed by atoms with van der Waals surface area (Å²) in [5, 5.41) is 5.26. The first-order chi connectivity index (χ1) is 12.9. The molecule has 148 valence electrons. The predicted octanol–water partition coefficient (Wildman–Crippen LogP) is 3.23. The zero-order chi connectivity index (χ0) is 18.6. The van der Waals surface area contributed by atoms with Gasteiger partial charge in [0, 0.05) is 24.5 Å². The third kappa shape index (κ3) is 3.25. The predicted molar refractivity (Wildman–Crippen MR) is 105 cm³/mol. The summed E-state index contributed by atoms with van der Waals surface area (Å²) in [7, 11) is -3.39. The van der Waals surface area contributed by atoms with E-state index in [1.807, 2.05) is 0 Å². The fourth-order valence-electron chi connectivity index (χ4n) is 6.52. The van der Waals surface area contributed by atoms with E-state index in [1.54, 1.807) is 21.8 Å². The summed E-state index contributed by atoms with van der Waals surface area (Å²) in [5.74, 6) is 2.57. The van der Waals surface area contributed by atoms with Crippen molar-refractivity contribution in [2.75, 3.05) is 13.1 Å². The minimum atomic E-state index is -3.39. The van der Waals surface area contributed by atoms with Gasteiger partial charge in [0.25, 0.3) is 10.0 Å². The molecule has 4 bridgehead atoms. The van der Waals surface area contributed by atoms with Gasteiger partial charge >= 0.3 is 0 Å². The van der Waals surface area contributed by atoms with E-state index in [9.17, 15) is 13.2 Å². The normalized spacial score (nSPS) is 36.8. The first kappa shape index (κ1) is 18.1.